The van der Waals surface area contributed by atoms with Gasteiger partial charge in [-0.05, 0) is 43.5 Å². The molecule has 1 fully saturated rings. The Morgan fingerprint density at radius 3 is 2.48 bits per heavy atom. The average Bonchev–Trinajstić information content (AvgIpc) is 3.14. The number of imide groups is 1. The Bertz CT molecular complexity index is 1170. The fourth-order valence-corrected chi connectivity index (χ4v) is 4.56. The van der Waals surface area contributed by atoms with E-state index in [1.165, 1.54) is 16.7 Å². The monoisotopic (exact) mass is 407 g/mol. The highest BCUT2D eigenvalue weighted by Crippen LogP contribution is 2.26. The second kappa shape index (κ2) is 7.83. The Kier molecular flexibility index (Phi) is 5.24. The third-order valence-electron chi connectivity index (χ3n) is 5.11. The number of nitrogens with zero attached hydrogens (tertiary/aromatic N) is 3. The molecule has 7 heteroatoms. The smallest absolute Gasteiger partial charge is 0.266 e. The Balaban J connectivity index is 1.81. The zero-order valence-corrected chi connectivity index (χ0v) is 17.2. The van der Waals surface area contributed by atoms with E-state index in [1.807, 2.05) is 44.2 Å². The number of thioether (sulfide) groups is 1. The van der Waals surface area contributed by atoms with Crippen molar-refractivity contribution in [2.24, 2.45) is 0 Å². The molecule has 2 heterocycles. The van der Waals surface area contributed by atoms with Gasteiger partial charge < -0.3 is 0 Å². The fourth-order valence-electron chi connectivity index (χ4n) is 3.68. The van der Waals surface area contributed by atoms with Gasteiger partial charge in [0.1, 0.15) is 0 Å². The van der Waals surface area contributed by atoms with Crippen LogP contribution in [0.25, 0.3) is 16.6 Å². The Hall–Kier alpha value is -2.93. The summed E-state index contributed by atoms with van der Waals surface area (Å²) in [4.78, 5) is 43.7. The first-order chi connectivity index (χ1) is 14.0. The van der Waals surface area contributed by atoms with Crippen LogP contribution < -0.4 is 5.56 Å². The topological polar surface area (TPSA) is 72.3 Å². The van der Waals surface area contributed by atoms with Gasteiger partial charge >= 0.3 is 0 Å². The van der Waals surface area contributed by atoms with Crippen molar-refractivity contribution in [3.63, 3.8) is 0 Å². The molecule has 148 valence electrons. The quantitative estimate of drug-likeness (QED) is 0.490. The average molecular weight is 407 g/mol. The SMILES string of the molecule is Cc1cccc(C)c1-n1c(SCC(=O)N2CCCC2=O)nc2ccccc2c1=O. The van der Waals surface area contributed by atoms with E-state index in [-0.39, 0.29) is 23.1 Å². The van der Waals surface area contributed by atoms with Crippen LogP contribution in [0, 0.1) is 13.8 Å². The molecular formula is C22H21N3O3S. The highest BCUT2D eigenvalue weighted by molar-refractivity contribution is 7.99. The summed E-state index contributed by atoms with van der Waals surface area (Å²) in [7, 11) is 0. The van der Waals surface area contributed by atoms with Crippen LogP contribution >= 0.6 is 11.8 Å². The van der Waals surface area contributed by atoms with Crippen LogP contribution in [0.15, 0.2) is 52.4 Å². The molecule has 1 aromatic heterocycles. The van der Waals surface area contributed by atoms with Gasteiger partial charge in [0.15, 0.2) is 5.16 Å². The van der Waals surface area contributed by atoms with Gasteiger partial charge in [-0.2, -0.15) is 0 Å². The molecule has 0 spiro atoms. The van der Waals surface area contributed by atoms with Crippen LogP contribution in [0.4, 0.5) is 0 Å². The molecule has 4 rings (SSSR count). The number of rotatable bonds is 4. The molecule has 1 aliphatic heterocycles. The summed E-state index contributed by atoms with van der Waals surface area (Å²) in [6, 6.07) is 13.1. The van der Waals surface area contributed by atoms with Gasteiger partial charge in [0.05, 0.1) is 22.3 Å². The van der Waals surface area contributed by atoms with E-state index in [4.69, 9.17) is 0 Å². The third kappa shape index (κ3) is 3.58. The van der Waals surface area contributed by atoms with Crippen LogP contribution in [0.2, 0.25) is 0 Å². The van der Waals surface area contributed by atoms with Crippen LogP contribution in [0.5, 0.6) is 0 Å². The number of fused-ring (bicyclic) bond motifs is 1. The van der Waals surface area contributed by atoms with E-state index >= 15 is 0 Å². The molecule has 2 aromatic carbocycles. The Labute approximate surface area is 172 Å². The molecule has 0 atom stereocenters. The maximum Gasteiger partial charge on any atom is 0.266 e. The zero-order valence-electron chi connectivity index (χ0n) is 16.3. The molecule has 0 aliphatic carbocycles. The molecule has 0 saturated carbocycles. The normalized spacial score (nSPS) is 14.0. The van der Waals surface area contributed by atoms with Crippen molar-refractivity contribution in [1.82, 2.24) is 14.5 Å². The maximum absolute atomic E-state index is 13.4. The highest BCUT2D eigenvalue weighted by atomic mass is 32.2. The van der Waals surface area contributed by atoms with E-state index in [0.717, 1.165) is 16.8 Å². The molecule has 0 unspecified atom stereocenters. The van der Waals surface area contributed by atoms with Crippen molar-refractivity contribution < 1.29 is 9.59 Å². The summed E-state index contributed by atoms with van der Waals surface area (Å²) in [6.07, 6.45) is 1.12. The van der Waals surface area contributed by atoms with Gasteiger partial charge in [-0.15, -0.1) is 0 Å². The minimum Gasteiger partial charge on any atom is -0.282 e. The number of aryl methyl sites for hydroxylation is 2. The van der Waals surface area contributed by atoms with Crippen molar-refractivity contribution in [1.29, 1.82) is 0 Å². The van der Waals surface area contributed by atoms with E-state index in [2.05, 4.69) is 4.98 Å². The number of hydrogen-bond donors (Lipinski definition) is 0. The lowest BCUT2D eigenvalue weighted by Crippen LogP contribution is -2.33. The summed E-state index contributed by atoms with van der Waals surface area (Å²) in [5.41, 5.74) is 3.11. The maximum atomic E-state index is 13.4. The minimum atomic E-state index is -0.243. The molecule has 6 nitrogen and oxygen atoms in total. The lowest BCUT2D eigenvalue weighted by Gasteiger charge is -2.18. The summed E-state index contributed by atoms with van der Waals surface area (Å²) in [5, 5.41) is 0.978. The summed E-state index contributed by atoms with van der Waals surface area (Å²) < 4.78 is 1.59. The zero-order chi connectivity index (χ0) is 20.5. The molecule has 1 aliphatic rings. The van der Waals surface area contributed by atoms with Crippen LogP contribution in [0.1, 0.15) is 24.0 Å². The predicted octanol–water partition coefficient (Wildman–Crippen LogP) is 3.24. The van der Waals surface area contributed by atoms with E-state index < -0.39 is 0 Å². The van der Waals surface area contributed by atoms with E-state index in [9.17, 15) is 14.4 Å². The number of likely N-dealkylation sites (tertiary alicyclic amines) is 1. The summed E-state index contributed by atoms with van der Waals surface area (Å²) in [5.74, 6) is -0.316. The van der Waals surface area contributed by atoms with Crippen LogP contribution in [-0.2, 0) is 9.59 Å². The Morgan fingerprint density at radius 1 is 1.07 bits per heavy atom. The van der Waals surface area contributed by atoms with Crippen LogP contribution in [-0.4, -0.2) is 38.6 Å². The largest absolute Gasteiger partial charge is 0.282 e. The fraction of sp³-hybridized carbons (Fsp3) is 0.273. The van der Waals surface area contributed by atoms with Crippen LogP contribution in [0.3, 0.4) is 0 Å². The van der Waals surface area contributed by atoms with Crippen molar-refractivity contribution in [2.45, 2.75) is 31.8 Å². The first-order valence-electron chi connectivity index (χ1n) is 9.52. The van der Waals surface area contributed by atoms with Gasteiger partial charge in [-0.3, -0.25) is 23.9 Å². The number of aromatic nitrogens is 2. The highest BCUT2D eigenvalue weighted by Gasteiger charge is 2.27. The lowest BCUT2D eigenvalue weighted by molar-refractivity contribution is -0.140. The molecule has 2 amide bonds. The molecule has 0 bridgehead atoms. The van der Waals surface area contributed by atoms with Gasteiger partial charge in [0.2, 0.25) is 11.8 Å². The first kappa shape index (κ1) is 19.4. The van der Waals surface area contributed by atoms with Crippen molar-refractivity contribution in [3.8, 4) is 5.69 Å². The minimum absolute atomic E-state index is 0.0570. The van der Waals surface area contributed by atoms with Crippen molar-refractivity contribution >= 4 is 34.5 Å². The predicted molar refractivity (Wildman–Crippen MR) is 113 cm³/mol. The number of amides is 2. The second-order valence-corrected chi connectivity index (χ2v) is 8.07. The van der Waals surface area contributed by atoms with Gasteiger partial charge in [-0.25, -0.2) is 4.98 Å². The molecule has 1 saturated heterocycles. The van der Waals surface area contributed by atoms with Gasteiger partial charge in [0, 0.05) is 13.0 Å². The van der Waals surface area contributed by atoms with E-state index in [1.54, 1.807) is 16.7 Å². The van der Waals surface area contributed by atoms with Gasteiger partial charge in [-0.1, -0.05) is 42.1 Å². The third-order valence-corrected chi connectivity index (χ3v) is 6.03. The van der Waals surface area contributed by atoms with E-state index in [0.29, 0.717) is 35.4 Å². The standard InChI is InChI=1S/C22H21N3O3S/c1-14-7-5-8-15(2)20(14)25-21(28)16-9-3-4-10-17(16)23-22(25)29-13-19(27)24-12-6-11-18(24)26/h3-5,7-10H,6,11-13H2,1-2H3. The van der Waals surface area contributed by atoms with Crippen molar-refractivity contribution in [3.05, 3.63) is 63.9 Å². The summed E-state index contributed by atoms with van der Waals surface area (Å²) >= 11 is 1.19. The van der Waals surface area contributed by atoms with Crippen molar-refractivity contribution in [2.75, 3.05) is 12.3 Å². The number of para-hydroxylation sites is 2. The number of carbonyl (C=O) groups excluding carboxylic acids is 2. The number of carbonyl (C=O) groups is 2. The van der Waals surface area contributed by atoms with Gasteiger partial charge in [0.25, 0.3) is 5.56 Å². The molecular weight excluding hydrogens is 386 g/mol. The first-order valence-corrected chi connectivity index (χ1v) is 10.5. The molecule has 0 radical (unpaired) electrons. The second-order valence-electron chi connectivity index (χ2n) is 7.12. The number of hydrogen-bond acceptors (Lipinski definition) is 5. The molecule has 0 N–H and O–H groups in total. The number of benzene rings is 2. The summed E-state index contributed by atoms with van der Waals surface area (Å²) in [6.45, 7) is 4.37. The molecule has 3 aromatic rings. The lowest BCUT2D eigenvalue weighted by atomic mass is 10.1. The molecule has 29 heavy (non-hydrogen) atoms. The Morgan fingerprint density at radius 2 is 1.79 bits per heavy atom.